The summed E-state index contributed by atoms with van der Waals surface area (Å²) in [6.07, 6.45) is 2.43. The number of likely N-dealkylation sites (N-methyl/N-ethyl adjacent to an activating group) is 1. The monoisotopic (exact) mass is 475 g/mol. The van der Waals surface area contributed by atoms with E-state index in [2.05, 4.69) is 31.0 Å². The highest BCUT2D eigenvalue weighted by molar-refractivity contribution is 5.98. The highest BCUT2D eigenvalue weighted by Gasteiger charge is 2.28. The molecule has 0 aliphatic carbocycles. The summed E-state index contributed by atoms with van der Waals surface area (Å²) in [7, 11) is 3.51. The Labute approximate surface area is 203 Å². The molecule has 190 valence electrons. The van der Waals surface area contributed by atoms with E-state index in [4.69, 9.17) is 14.2 Å². The molecular formula is C26H41N3O5. The standard InChI is InChI=1S/C26H41N3O5/c1-6-11-29-15-18(2)24(32-5)16-28(4)26(31)22-8-7-21(14-23(22)34-17-19(29)3)27-25(30)20-9-12-33-13-10-20/h7-8,14,18-20,24H,6,9-13,15-17H2,1-5H3,(H,27,30)/t18-,19-,24-/m0/s1. The van der Waals surface area contributed by atoms with Crippen LogP contribution >= 0.6 is 0 Å². The minimum atomic E-state index is -0.120. The Kier molecular flexibility index (Phi) is 9.74. The number of anilines is 1. The van der Waals surface area contributed by atoms with Crippen molar-refractivity contribution < 1.29 is 23.8 Å². The average molecular weight is 476 g/mol. The summed E-state index contributed by atoms with van der Waals surface area (Å²) in [5.41, 5.74) is 1.13. The first-order valence-corrected chi connectivity index (χ1v) is 12.5. The van der Waals surface area contributed by atoms with Crippen LogP contribution in [0, 0.1) is 11.8 Å². The van der Waals surface area contributed by atoms with Gasteiger partial charge in [-0.15, -0.1) is 0 Å². The molecule has 0 unspecified atom stereocenters. The van der Waals surface area contributed by atoms with E-state index in [0.29, 0.717) is 43.4 Å². The summed E-state index contributed by atoms with van der Waals surface area (Å²) in [5, 5.41) is 3.01. The lowest BCUT2D eigenvalue weighted by molar-refractivity contribution is -0.122. The SMILES string of the molecule is CCCN1C[C@H](C)[C@@H](OC)CN(C)C(=O)c2ccc(NC(=O)C3CCOCC3)cc2OC[C@@H]1C. The number of methoxy groups -OCH3 is 1. The number of hydrogen-bond donors (Lipinski definition) is 1. The third-order valence-electron chi connectivity index (χ3n) is 6.95. The van der Waals surface area contributed by atoms with Crippen LogP contribution in [-0.2, 0) is 14.3 Å². The first-order valence-electron chi connectivity index (χ1n) is 12.5. The van der Waals surface area contributed by atoms with Gasteiger partial charge >= 0.3 is 0 Å². The second-order valence-corrected chi connectivity index (χ2v) is 9.68. The molecule has 0 aromatic heterocycles. The van der Waals surface area contributed by atoms with E-state index in [0.717, 1.165) is 32.4 Å². The molecule has 1 N–H and O–H groups in total. The Morgan fingerprint density at radius 2 is 1.94 bits per heavy atom. The van der Waals surface area contributed by atoms with Crippen molar-refractivity contribution in [2.45, 2.75) is 52.2 Å². The Balaban J connectivity index is 1.86. The minimum Gasteiger partial charge on any atom is -0.491 e. The van der Waals surface area contributed by atoms with Crippen LogP contribution in [0.2, 0.25) is 0 Å². The van der Waals surface area contributed by atoms with Gasteiger partial charge in [0, 0.05) is 64.2 Å². The first kappa shape index (κ1) is 26.4. The second kappa shape index (κ2) is 12.5. The number of amides is 2. The predicted molar refractivity (Wildman–Crippen MR) is 132 cm³/mol. The summed E-state index contributed by atoms with van der Waals surface area (Å²) in [5.74, 6) is 0.562. The van der Waals surface area contributed by atoms with Crippen molar-refractivity contribution in [1.29, 1.82) is 0 Å². The molecule has 0 spiro atoms. The van der Waals surface area contributed by atoms with E-state index in [1.165, 1.54) is 0 Å². The van der Waals surface area contributed by atoms with Crippen LogP contribution in [0.15, 0.2) is 18.2 Å². The average Bonchev–Trinajstić information content (AvgIpc) is 2.84. The highest BCUT2D eigenvalue weighted by atomic mass is 16.5. The normalized spacial score (nSPS) is 25.6. The van der Waals surface area contributed by atoms with Gasteiger partial charge in [-0.05, 0) is 50.8 Å². The molecule has 0 bridgehead atoms. The van der Waals surface area contributed by atoms with Gasteiger partial charge in [0.25, 0.3) is 5.91 Å². The van der Waals surface area contributed by atoms with Crippen molar-refractivity contribution in [2.24, 2.45) is 11.8 Å². The van der Waals surface area contributed by atoms with Gasteiger partial charge in [-0.3, -0.25) is 14.5 Å². The molecule has 1 aromatic carbocycles. The fourth-order valence-corrected chi connectivity index (χ4v) is 4.73. The van der Waals surface area contributed by atoms with Crippen LogP contribution in [0.1, 0.15) is 50.4 Å². The summed E-state index contributed by atoms with van der Waals surface area (Å²) >= 11 is 0. The number of ether oxygens (including phenoxy) is 3. The van der Waals surface area contributed by atoms with Crippen LogP contribution in [0.5, 0.6) is 5.75 Å². The zero-order valence-corrected chi connectivity index (χ0v) is 21.3. The number of carbonyl (C=O) groups excluding carboxylic acids is 2. The third-order valence-corrected chi connectivity index (χ3v) is 6.95. The fourth-order valence-electron chi connectivity index (χ4n) is 4.73. The third kappa shape index (κ3) is 6.71. The van der Waals surface area contributed by atoms with Crippen molar-refractivity contribution in [1.82, 2.24) is 9.80 Å². The van der Waals surface area contributed by atoms with Gasteiger partial charge in [-0.1, -0.05) is 13.8 Å². The zero-order valence-electron chi connectivity index (χ0n) is 21.3. The van der Waals surface area contributed by atoms with Gasteiger partial charge in [0.1, 0.15) is 12.4 Å². The number of nitrogens with zero attached hydrogens (tertiary/aromatic N) is 2. The maximum absolute atomic E-state index is 13.3. The topological polar surface area (TPSA) is 80.3 Å². The molecule has 34 heavy (non-hydrogen) atoms. The molecule has 2 aliphatic rings. The van der Waals surface area contributed by atoms with E-state index < -0.39 is 0 Å². The molecule has 1 aromatic rings. The van der Waals surface area contributed by atoms with Crippen LogP contribution in [0.4, 0.5) is 5.69 Å². The van der Waals surface area contributed by atoms with Crippen molar-refractivity contribution in [3.8, 4) is 5.75 Å². The quantitative estimate of drug-likeness (QED) is 0.704. The number of fused-ring (bicyclic) bond motifs is 1. The van der Waals surface area contributed by atoms with Gasteiger partial charge in [-0.25, -0.2) is 0 Å². The molecule has 2 heterocycles. The van der Waals surface area contributed by atoms with Crippen molar-refractivity contribution in [3.63, 3.8) is 0 Å². The second-order valence-electron chi connectivity index (χ2n) is 9.68. The minimum absolute atomic E-state index is 0.0146. The molecule has 0 saturated carbocycles. The molecule has 1 fully saturated rings. The van der Waals surface area contributed by atoms with E-state index in [-0.39, 0.29) is 35.8 Å². The largest absolute Gasteiger partial charge is 0.491 e. The maximum Gasteiger partial charge on any atom is 0.257 e. The smallest absolute Gasteiger partial charge is 0.257 e. The molecule has 1 saturated heterocycles. The maximum atomic E-state index is 13.3. The fraction of sp³-hybridized carbons (Fsp3) is 0.692. The summed E-state index contributed by atoms with van der Waals surface area (Å²) in [4.78, 5) is 30.2. The van der Waals surface area contributed by atoms with Crippen LogP contribution in [0.25, 0.3) is 0 Å². The Bertz CT molecular complexity index is 827. The van der Waals surface area contributed by atoms with E-state index in [1.54, 1.807) is 37.3 Å². The highest BCUT2D eigenvalue weighted by Crippen LogP contribution is 2.28. The first-order chi connectivity index (χ1) is 16.3. The predicted octanol–water partition coefficient (Wildman–Crippen LogP) is 3.27. The molecule has 3 atom stereocenters. The summed E-state index contributed by atoms with van der Waals surface area (Å²) in [6.45, 7) is 10.5. The van der Waals surface area contributed by atoms with Crippen molar-refractivity contribution >= 4 is 17.5 Å². The van der Waals surface area contributed by atoms with Gasteiger partial charge in [0.05, 0.1) is 11.7 Å². The number of nitrogens with one attached hydrogen (secondary N) is 1. The summed E-state index contributed by atoms with van der Waals surface area (Å²) < 4.78 is 17.4. The molecule has 8 nitrogen and oxygen atoms in total. The van der Waals surface area contributed by atoms with E-state index >= 15 is 0 Å². The van der Waals surface area contributed by atoms with Gasteiger partial charge < -0.3 is 24.4 Å². The Hall–Kier alpha value is -2.16. The summed E-state index contributed by atoms with van der Waals surface area (Å²) in [6, 6.07) is 5.47. The number of carbonyl (C=O) groups is 2. The van der Waals surface area contributed by atoms with Crippen LogP contribution in [-0.4, -0.2) is 87.4 Å². The number of hydrogen-bond acceptors (Lipinski definition) is 6. The Morgan fingerprint density at radius 1 is 1.21 bits per heavy atom. The van der Waals surface area contributed by atoms with Crippen molar-refractivity contribution in [2.75, 3.05) is 58.9 Å². The molecular weight excluding hydrogens is 434 g/mol. The van der Waals surface area contributed by atoms with Crippen LogP contribution < -0.4 is 10.1 Å². The molecule has 3 rings (SSSR count). The van der Waals surface area contributed by atoms with E-state index in [1.807, 2.05) is 0 Å². The lowest BCUT2D eigenvalue weighted by Gasteiger charge is -2.35. The lowest BCUT2D eigenvalue weighted by Crippen LogP contribution is -2.46. The van der Waals surface area contributed by atoms with Crippen LogP contribution in [0.3, 0.4) is 0 Å². The number of benzene rings is 1. The molecule has 2 aliphatic heterocycles. The lowest BCUT2D eigenvalue weighted by atomic mass is 9.99. The molecule has 2 amide bonds. The number of rotatable bonds is 5. The van der Waals surface area contributed by atoms with Gasteiger partial charge in [-0.2, -0.15) is 0 Å². The zero-order chi connectivity index (χ0) is 24.7. The van der Waals surface area contributed by atoms with Gasteiger partial charge in [0.2, 0.25) is 5.91 Å². The van der Waals surface area contributed by atoms with E-state index in [9.17, 15) is 9.59 Å². The van der Waals surface area contributed by atoms with Crippen molar-refractivity contribution in [3.05, 3.63) is 23.8 Å². The molecule has 0 radical (unpaired) electrons. The Morgan fingerprint density at radius 3 is 2.62 bits per heavy atom. The van der Waals surface area contributed by atoms with Gasteiger partial charge in [0.15, 0.2) is 0 Å². The molecule has 8 heteroatoms.